The Morgan fingerprint density at radius 3 is 2.27 bits per heavy atom. The number of hydrogen-bond acceptors (Lipinski definition) is 3. The standard InChI is InChI=1S/C5H10F3NO2/c6-5(7,8)3-11-4-10-2-1-9/h1-4,9H2. The Labute approximate surface area is 62.3 Å². The van der Waals surface area contributed by atoms with Crippen LogP contribution < -0.4 is 5.73 Å². The van der Waals surface area contributed by atoms with Gasteiger partial charge in [-0.1, -0.05) is 0 Å². The lowest BCUT2D eigenvalue weighted by atomic mass is 10.7. The van der Waals surface area contributed by atoms with E-state index in [-0.39, 0.29) is 19.9 Å². The van der Waals surface area contributed by atoms with Crippen LogP contribution in [0.25, 0.3) is 0 Å². The van der Waals surface area contributed by atoms with Crippen molar-refractivity contribution in [2.24, 2.45) is 5.73 Å². The van der Waals surface area contributed by atoms with E-state index in [0.717, 1.165) is 0 Å². The van der Waals surface area contributed by atoms with Gasteiger partial charge in [-0.05, 0) is 0 Å². The summed E-state index contributed by atoms with van der Waals surface area (Å²) in [6, 6.07) is 0. The van der Waals surface area contributed by atoms with Crippen molar-refractivity contribution >= 4 is 0 Å². The second-order valence-corrected chi connectivity index (χ2v) is 1.78. The molecule has 0 rings (SSSR count). The molecule has 6 heteroatoms. The van der Waals surface area contributed by atoms with Crippen molar-refractivity contribution in [2.75, 3.05) is 26.6 Å². The minimum atomic E-state index is -4.29. The fourth-order valence-corrected chi connectivity index (χ4v) is 0.359. The molecule has 0 amide bonds. The maximum Gasteiger partial charge on any atom is 0.411 e. The zero-order valence-corrected chi connectivity index (χ0v) is 5.86. The van der Waals surface area contributed by atoms with Gasteiger partial charge in [0.05, 0.1) is 6.61 Å². The van der Waals surface area contributed by atoms with E-state index in [0.29, 0.717) is 0 Å². The summed E-state index contributed by atoms with van der Waals surface area (Å²) in [7, 11) is 0. The van der Waals surface area contributed by atoms with Crippen LogP contribution >= 0.6 is 0 Å². The summed E-state index contributed by atoms with van der Waals surface area (Å²) in [5, 5.41) is 0. The van der Waals surface area contributed by atoms with Crippen molar-refractivity contribution in [3.63, 3.8) is 0 Å². The molecule has 11 heavy (non-hydrogen) atoms. The van der Waals surface area contributed by atoms with Crippen molar-refractivity contribution in [3.05, 3.63) is 0 Å². The number of nitrogens with two attached hydrogens (primary N) is 1. The number of hydrogen-bond donors (Lipinski definition) is 1. The molecule has 0 heterocycles. The molecule has 0 unspecified atom stereocenters. The summed E-state index contributed by atoms with van der Waals surface area (Å²) in [4.78, 5) is 0. The van der Waals surface area contributed by atoms with Gasteiger partial charge >= 0.3 is 6.18 Å². The summed E-state index contributed by atoms with van der Waals surface area (Å²) in [5.74, 6) is 0. The molecule has 0 atom stereocenters. The Hall–Kier alpha value is -0.330. The van der Waals surface area contributed by atoms with Crippen LogP contribution in [-0.4, -0.2) is 32.7 Å². The minimum absolute atomic E-state index is 0.206. The third kappa shape index (κ3) is 9.67. The highest BCUT2D eigenvalue weighted by Crippen LogP contribution is 2.13. The Bertz CT molecular complexity index is 96.2. The molecule has 0 saturated heterocycles. The van der Waals surface area contributed by atoms with Crippen molar-refractivity contribution < 1.29 is 22.6 Å². The number of rotatable bonds is 5. The first kappa shape index (κ1) is 10.7. The SMILES string of the molecule is NCCOCOCC(F)(F)F. The molecule has 0 spiro atoms. The quantitative estimate of drug-likeness (QED) is 0.486. The van der Waals surface area contributed by atoms with Crippen LogP contribution in [-0.2, 0) is 9.47 Å². The molecule has 2 N–H and O–H groups in total. The van der Waals surface area contributed by atoms with Crippen molar-refractivity contribution in [1.82, 2.24) is 0 Å². The van der Waals surface area contributed by atoms with E-state index < -0.39 is 12.8 Å². The summed E-state index contributed by atoms with van der Waals surface area (Å²) in [5.41, 5.74) is 4.99. The van der Waals surface area contributed by atoms with Gasteiger partial charge in [0.25, 0.3) is 0 Å². The van der Waals surface area contributed by atoms with Gasteiger partial charge in [0, 0.05) is 6.54 Å². The Balaban J connectivity index is 3.02. The van der Waals surface area contributed by atoms with Crippen LogP contribution in [0.15, 0.2) is 0 Å². The third-order valence-corrected chi connectivity index (χ3v) is 0.695. The molecule has 0 aromatic rings. The third-order valence-electron chi connectivity index (χ3n) is 0.695. The van der Waals surface area contributed by atoms with Gasteiger partial charge in [0.15, 0.2) is 0 Å². The number of alkyl halides is 3. The molecular weight excluding hydrogens is 163 g/mol. The highest BCUT2D eigenvalue weighted by molar-refractivity contribution is 4.43. The topological polar surface area (TPSA) is 44.5 Å². The minimum Gasteiger partial charge on any atom is -0.354 e. The van der Waals surface area contributed by atoms with E-state index in [2.05, 4.69) is 9.47 Å². The molecule has 0 radical (unpaired) electrons. The number of ether oxygens (including phenoxy) is 2. The molecule has 68 valence electrons. The van der Waals surface area contributed by atoms with Gasteiger partial charge in [-0.25, -0.2) is 0 Å². The van der Waals surface area contributed by atoms with Crippen LogP contribution in [0.5, 0.6) is 0 Å². The molecule has 0 aromatic carbocycles. The Morgan fingerprint density at radius 1 is 1.18 bits per heavy atom. The van der Waals surface area contributed by atoms with Gasteiger partial charge in [0.1, 0.15) is 13.4 Å². The molecule has 0 aromatic heterocycles. The normalized spacial score (nSPS) is 12.0. The highest BCUT2D eigenvalue weighted by Gasteiger charge is 2.27. The maximum atomic E-state index is 11.4. The summed E-state index contributed by atoms with van der Waals surface area (Å²) in [6.07, 6.45) is -4.29. The van der Waals surface area contributed by atoms with Crippen LogP contribution in [0.1, 0.15) is 0 Å². The molecular formula is C5H10F3NO2. The second kappa shape index (κ2) is 5.34. The van der Waals surface area contributed by atoms with Crippen LogP contribution in [0.4, 0.5) is 13.2 Å². The molecule has 0 fully saturated rings. The van der Waals surface area contributed by atoms with Gasteiger partial charge in [-0.2, -0.15) is 13.2 Å². The zero-order chi connectivity index (χ0) is 8.74. The van der Waals surface area contributed by atoms with Gasteiger partial charge < -0.3 is 15.2 Å². The first-order valence-corrected chi connectivity index (χ1v) is 2.98. The molecule has 0 aliphatic carbocycles. The first-order chi connectivity index (χ1) is 5.06. The van der Waals surface area contributed by atoms with E-state index >= 15 is 0 Å². The van der Waals surface area contributed by atoms with E-state index in [1.807, 2.05) is 0 Å². The van der Waals surface area contributed by atoms with Crippen LogP contribution in [0.2, 0.25) is 0 Å². The van der Waals surface area contributed by atoms with Crippen LogP contribution in [0, 0.1) is 0 Å². The monoisotopic (exact) mass is 173 g/mol. The van der Waals surface area contributed by atoms with Crippen molar-refractivity contribution in [2.45, 2.75) is 6.18 Å². The molecule has 3 nitrogen and oxygen atoms in total. The Morgan fingerprint density at radius 2 is 1.82 bits per heavy atom. The van der Waals surface area contributed by atoms with E-state index in [4.69, 9.17) is 5.73 Å². The lowest BCUT2D eigenvalue weighted by molar-refractivity contribution is -0.196. The van der Waals surface area contributed by atoms with Crippen molar-refractivity contribution in [1.29, 1.82) is 0 Å². The summed E-state index contributed by atoms with van der Waals surface area (Å²) in [6.45, 7) is -1.17. The lowest BCUT2D eigenvalue weighted by Gasteiger charge is -2.06. The van der Waals surface area contributed by atoms with E-state index in [1.165, 1.54) is 0 Å². The first-order valence-electron chi connectivity index (χ1n) is 2.98. The predicted molar refractivity (Wildman–Crippen MR) is 31.9 cm³/mol. The highest BCUT2D eigenvalue weighted by atomic mass is 19.4. The average molecular weight is 173 g/mol. The number of halogens is 3. The lowest BCUT2D eigenvalue weighted by Crippen LogP contribution is -2.19. The predicted octanol–water partition coefficient (Wildman–Crippen LogP) is 0.498. The van der Waals surface area contributed by atoms with E-state index in [1.54, 1.807) is 0 Å². The molecule has 0 aliphatic heterocycles. The largest absolute Gasteiger partial charge is 0.411 e. The summed E-state index contributed by atoms with van der Waals surface area (Å²) < 4.78 is 42.7. The van der Waals surface area contributed by atoms with Gasteiger partial charge in [-0.3, -0.25) is 0 Å². The van der Waals surface area contributed by atoms with Gasteiger partial charge in [-0.15, -0.1) is 0 Å². The fourth-order valence-electron chi connectivity index (χ4n) is 0.359. The average Bonchev–Trinajstić information content (AvgIpc) is 1.85. The maximum absolute atomic E-state index is 11.4. The van der Waals surface area contributed by atoms with Crippen LogP contribution in [0.3, 0.4) is 0 Å². The Kier molecular flexibility index (Phi) is 5.18. The summed E-state index contributed by atoms with van der Waals surface area (Å²) >= 11 is 0. The van der Waals surface area contributed by atoms with E-state index in [9.17, 15) is 13.2 Å². The molecule has 0 saturated carbocycles. The zero-order valence-electron chi connectivity index (χ0n) is 5.86. The van der Waals surface area contributed by atoms with Crippen molar-refractivity contribution in [3.8, 4) is 0 Å². The van der Waals surface area contributed by atoms with Gasteiger partial charge in [0.2, 0.25) is 0 Å². The molecule has 0 aliphatic rings. The fraction of sp³-hybridized carbons (Fsp3) is 1.00. The second-order valence-electron chi connectivity index (χ2n) is 1.78. The smallest absolute Gasteiger partial charge is 0.354 e. The molecule has 0 bridgehead atoms.